The number of hydrogen-bond acceptors (Lipinski definition) is 6. The number of carbonyl (C=O) groups excluding carboxylic acids is 1. The van der Waals surface area contributed by atoms with Crippen LogP contribution in [-0.4, -0.2) is 15.9 Å². The number of hydrogen-bond donors (Lipinski definition) is 1. The van der Waals surface area contributed by atoms with E-state index in [1.54, 1.807) is 47.9 Å². The number of nitrogens with zero attached hydrogens (tertiary/aromatic N) is 2. The van der Waals surface area contributed by atoms with Crippen LogP contribution in [0, 0.1) is 6.92 Å². The second kappa shape index (κ2) is 9.19. The van der Waals surface area contributed by atoms with Crippen LogP contribution in [0.15, 0.2) is 78.3 Å². The van der Waals surface area contributed by atoms with E-state index >= 15 is 0 Å². The summed E-state index contributed by atoms with van der Waals surface area (Å²) in [5.74, 6) is 1.28. The van der Waals surface area contributed by atoms with Crippen molar-refractivity contribution in [1.29, 1.82) is 0 Å². The molecule has 4 rings (SSSR count). The lowest BCUT2D eigenvalue weighted by atomic mass is 10.2. The zero-order valence-corrected chi connectivity index (χ0v) is 17.1. The minimum atomic E-state index is -0.282. The fourth-order valence-electron chi connectivity index (χ4n) is 2.72. The van der Waals surface area contributed by atoms with Gasteiger partial charge in [-0.3, -0.25) is 4.79 Å². The first kappa shape index (κ1) is 19.6. The molecule has 1 amide bonds. The van der Waals surface area contributed by atoms with E-state index in [0.29, 0.717) is 35.2 Å². The molecule has 150 valence electrons. The molecule has 0 saturated carbocycles. The van der Waals surface area contributed by atoms with E-state index in [1.165, 1.54) is 0 Å². The number of thiazole rings is 1. The molecule has 0 saturated heterocycles. The molecule has 7 heteroatoms. The van der Waals surface area contributed by atoms with Crippen molar-refractivity contribution >= 4 is 22.9 Å². The Morgan fingerprint density at radius 2 is 1.87 bits per heavy atom. The van der Waals surface area contributed by atoms with Crippen LogP contribution in [0.5, 0.6) is 17.4 Å². The summed E-state index contributed by atoms with van der Waals surface area (Å²) in [4.78, 5) is 21.4. The zero-order valence-electron chi connectivity index (χ0n) is 16.2. The molecule has 0 aliphatic rings. The van der Waals surface area contributed by atoms with Crippen LogP contribution in [-0.2, 0) is 6.61 Å². The lowest BCUT2D eigenvalue weighted by Gasteiger charge is -2.11. The third kappa shape index (κ3) is 5.01. The Hall–Kier alpha value is -3.71. The van der Waals surface area contributed by atoms with Crippen molar-refractivity contribution < 1.29 is 14.3 Å². The van der Waals surface area contributed by atoms with E-state index in [0.717, 1.165) is 10.7 Å². The summed E-state index contributed by atoms with van der Waals surface area (Å²) in [6, 6.07) is 19.8. The third-order valence-corrected chi connectivity index (χ3v) is 4.95. The molecule has 2 aromatic heterocycles. The highest BCUT2D eigenvalue weighted by Crippen LogP contribution is 2.27. The second-order valence-electron chi connectivity index (χ2n) is 6.40. The van der Waals surface area contributed by atoms with Gasteiger partial charge in [0, 0.05) is 17.1 Å². The smallest absolute Gasteiger partial charge is 0.255 e. The Kier molecular flexibility index (Phi) is 6.01. The number of ether oxygens (including phenoxy) is 2. The molecule has 0 fully saturated rings. The maximum absolute atomic E-state index is 12.8. The van der Waals surface area contributed by atoms with Crippen molar-refractivity contribution in [3.8, 4) is 17.4 Å². The van der Waals surface area contributed by atoms with Gasteiger partial charge in [-0.05, 0) is 49.4 Å². The van der Waals surface area contributed by atoms with Crippen LogP contribution in [0.25, 0.3) is 0 Å². The topological polar surface area (TPSA) is 73.3 Å². The molecular formula is C23H19N3O3S. The van der Waals surface area contributed by atoms with Crippen LogP contribution in [0.2, 0.25) is 0 Å². The van der Waals surface area contributed by atoms with Gasteiger partial charge >= 0.3 is 0 Å². The van der Waals surface area contributed by atoms with E-state index < -0.39 is 0 Å². The predicted octanol–water partition coefficient (Wildman–Crippen LogP) is 5.47. The monoisotopic (exact) mass is 417 g/mol. The Morgan fingerprint density at radius 3 is 2.67 bits per heavy atom. The fraction of sp³-hybridized carbons (Fsp3) is 0.0870. The molecule has 2 heterocycles. The van der Waals surface area contributed by atoms with Crippen molar-refractivity contribution in [2.45, 2.75) is 13.5 Å². The highest BCUT2D eigenvalue weighted by atomic mass is 32.1. The average Bonchev–Trinajstić information content (AvgIpc) is 3.20. The molecular weight excluding hydrogens is 398 g/mol. The molecule has 0 unspecified atom stereocenters. The summed E-state index contributed by atoms with van der Waals surface area (Å²) in [6.07, 6.45) is 1.61. The maximum Gasteiger partial charge on any atom is 0.255 e. The van der Waals surface area contributed by atoms with E-state index in [1.807, 2.05) is 48.7 Å². The molecule has 0 bridgehead atoms. The first-order chi connectivity index (χ1) is 14.7. The quantitative estimate of drug-likeness (QED) is 0.432. The Balaban J connectivity index is 1.45. The molecule has 30 heavy (non-hydrogen) atoms. The summed E-state index contributed by atoms with van der Waals surface area (Å²) >= 11 is 1.58. The Bertz CT molecular complexity index is 1150. The second-order valence-corrected chi connectivity index (χ2v) is 7.46. The molecule has 1 N–H and O–H groups in total. The molecule has 6 nitrogen and oxygen atoms in total. The SMILES string of the molecule is Cc1nc(COc2cccc(C(=O)Nc3cccnc3Oc3ccccc3)c2)cs1. The summed E-state index contributed by atoms with van der Waals surface area (Å²) in [5, 5.41) is 5.81. The first-order valence-corrected chi connectivity index (χ1v) is 10.2. The number of nitrogens with one attached hydrogen (secondary N) is 1. The van der Waals surface area contributed by atoms with Crippen molar-refractivity contribution in [3.63, 3.8) is 0 Å². The number of amides is 1. The average molecular weight is 417 g/mol. The Morgan fingerprint density at radius 1 is 1.03 bits per heavy atom. The zero-order chi connectivity index (χ0) is 20.8. The molecule has 0 aliphatic carbocycles. The number of rotatable bonds is 7. The van der Waals surface area contributed by atoms with Crippen LogP contribution >= 0.6 is 11.3 Å². The minimum absolute atomic E-state index is 0.282. The van der Waals surface area contributed by atoms with Gasteiger partial charge in [-0.25, -0.2) is 9.97 Å². The highest BCUT2D eigenvalue weighted by Gasteiger charge is 2.12. The molecule has 2 aromatic carbocycles. The molecule has 0 radical (unpaired) electrons. The summed E-state index contributed by atoms with van der Waals surface area (Å²) in [6.45, 7) is 2.31. The number of benzene rings is 2. The van der Waals surface area contributed by atoms with Gasteiger partial charge in [0.15, 0.2) is 0 Å². The molecule has 0 atom stereocenters. The van der Waals surface area contributed by atoms with Crippen molar-refractivity contribution in [2.24, 2.45) is 0 Å². The lowest BCUT2D eigenvalue weighted by Crippen LogP contribution is -2.13. The molecule has 4 aromatic rings. The number of para-hydroxylation sites is 1. The number of aryl methyl sites for hydroxylation is 1. The summed E-state index contributed by atoms with van der Waals surface area (Å²) in [5.41, 5.74) is 1.82. The van der Waals surface area contributed by atoms with Gasteiger partial charge < -0.3 is 14.8 Å². The van der Waals surface area contributed by atoms with Crippen LogP contribution in [0.4, 0.5) is 5.69 Å². The van der Waals surface area contributed by atoms with Crippen LogP contribution in [0.1, 0.15) is 21.1 Å². The van der Waals surface area contributed by atoms with E-state index in [-0.39, 0.29) is 5.91 Å². The number of pyridine rings is 1. The fourth-order valence-corrected chi connectivity index (χ4v) is 3.32. The van der Waals surface area contributed by atoms with E-state index in [2.05, 4.69) is 15.3 Å². The van der Waals surface area contributed by atoms with Crippen molar-refractivity contribution in [2.75, 3.05) is 5.32 Å². The van der Waals surface area contributed by atoms with Crippen molar-refractivity contribution in [1.82, 2.24) is 9.97 Å². The largest absolute Gasteiger partial charge is 0.487 e. The van der Waals surface area contributed by atoms with Gasteiger partial charge in [-0.1, -0.05) is 24.3 Å². The normalized spacial score (nSPS) is 10.4. The van der Waals surface area contributed by atoms with Gasteiger partial charge in [0.2, 0.25) is 5.88 Å². The van der Waals surface area contributed by atoms with Crippen LogP contribution < -0.4 is 14.8 Å². The maximum atomic E-state index is 12.8. The third-order valence-electron chi connectivity index (χ3n) is 4.13. The first-order valence-electron chi connectivity index (χ1n) is 9.30. The summed E-state index contributed by atoms with van der Waals surface area (Å²) < 4.78 is 11.6. The number of anilines is 1. The highest BCUT2D eigenvalue weighted by molar-refractivity contribution is 7.09. The van der Waals surface area contributed by atoms with Crippen LogP contribution in [0.3, 0.4) is 0 Å². The summed E-state index contributed by atoms with van der Waals surface area (Å²) in [7, 11) is 0. The molecule has 0 aliphatic heterocycles. The van der Waals surface area contributed by atoms with Gasteiger partial charge in [0.1, 0.15) is 23.8 Å². The van der Waals surface area contributed by atoms with E-state index in [4.69, 9.17) is 9.47 Å². The number of carbonyl (C=O) groups is 1. The van der Waals surface area contributed by atoms with Crippen molar-refractivity contribution in [3.05, 3.63) is 94.6 Å². The minimum Gasteiger partial charge on any atom is -0.487 e. The van der Waals surface area contributed by atoms with E-state index in [9.17, 15) is 4.79 Å². The Labute approximate surface area is 178 Å². The standard InChI is InChI=1S/C23H19N3O3S/c1-16-25-18(15-30-16)14-28-20-10-5-7-17(13-20)22(27)26-21-11-6-12-24-23(21)29-19-8-3-2-4-9-19/h2-13,15H,14H2,1H3,(H,26,27). The van der Waals surface area contributed by atoms with Gasteiger partial charge in [0.05, 0.1) is 10.7 Å². The lowest BCUT2D eigenvalue weighted by molar-refractivity contribution is 0.102. The van der Waals surface area contributed by atoms with Gasteiger partial charge in [-0.2, -0.15) is 0 Å². The van der Waals surface area contributed by atoms with Gasteiger partial charge in [-0.15, -0.1) is 11.3 Å². The predicted molar refractivity (Wildman–Crippen MR) is 116 cm³/mol. The van der Waals surface area contributed by atoms with Gasteiger partial charge in [0.25, 0.3) is 5.91 Å². The number of aromatic nitrogens is 2. The molecule has 0 spiro atoms.